The second-order valence-corrected chi connectivity index (χ2v) is 3.37. The quantitative estimate of drug-likeness (QED) is 0.538. The van der Waals surface area contributed by atoms with E-state index in [1.165, 1.54) is 0 Å². The summed E-state index contributed by atoms with van der Waals surface area (Å²) in [5.74, 6) is -10.1. The Hall–Kier alpha value is -1.98. The van der Waals surface area contributed by atoms with Crippen LogP contribution in [-0.4, -0.2) is 0 Å². The Morgan fingerprint density at radius 3 is 1.94 bits per heavy atom. The first-order chi connectivity index (χ1) is 8.43. The molecule has 0 aromatic heterocycles. The molecule has 93 valence electrons. The molecule has 0 bridgehead atoms. The molecule has 6 heteroatoms. The van der Waals surface area contributed by atoms with Gasteiger partial charge in [0.1, 0.15) is 0 Å². The minimum Gasteiger partial charge on any atom is -0.204 e. The van der Waals surface area contributed by atoms with Crippen LogP contribution in [0.1, 0.15) is 0 Å². The maximum atomic E-state index is 13.3. The molecular formula is C12H3F6. The lowest BCUT2D eigenvalue weighted by atomic mass is 10.0. The zero-order chi connectivity index (χ0) is 13.4. The summed E-state index contributed by atoms with van der Waals surface area (Å²) in [6, 6.07) is 3.59. The average molecular weight is 261 g/mol. The summed E-state index contributed by atoms with van der Waals surface area (Å²) < 4.78 is 77.8. The molecular weight excluding hydrogens is 258 g/mol. The molecule has 2 rings (SSSR count). The second kappa shape index (κ2) is 4.36. The van der Waals surface area contributed by atoms with Gasteiger partial charge >= 0.3 is 0 Å². The molecule has 2 aromatic carbocycles. The predicted octanol–water partition coefficient (Wildman–Crippen LogP) is 3.99. The fourth-order valence-corrected chi connectivity index (χ4v) is 1.41. The first kappa shape index (κ1) is 12.5. The molecule has 0 aliphatic carbocycles. The van der Waals surface area contributed by atoms with Crippen molar-refractivity contribution in [3.8, 4) is 11.1 Å². The van der Waals surface area contributed by atoms with Crippen molar-refractivity contribution in [3.05, 3.63) is 59.2 Å². The van der Waals surface area contributed by atoms with Crippen LogP contribution in [0.25, 0.3) is 11.1 Å². The molecule has 0 fully saturated rings. The van der Waals surface area contributed by atoms with Crippen molar-refractivity contribution in [2.24, 2.45) is 0 Å². The van der Waals surface area contributed by atoms with Crippen molar-refractivity contribution in [2.75, 3.05) is 0 Å². The van der Waals surface area contributed by atoms with E-state index in [0.29, 0.717) is 12.1 Å². The lowest BCUT2D eigenvalue weighted by Crippen LogP contribution is -1.99. The molecule has 0 aliphatic rings. The number of halogens is 6. The maximum Gasteiger partial charge on any atom is 0.195 e. The van der Waals surface area contributed by atoms with Gasteiger partial charge in [0.05, 0.1) is 0 Å². The molecule has 0 heterocycles. The summed E-state index contributed by atoms with van der Waals surface area (Å²) in [7, 11) is 0. The van der Waals surface area contributed by atoms with Crippen LogP contribution >= 0.6 is 0 Å². The van der Waals surface area contributed by atoms with E-state index in [-0.39, 0.29) is 0 Å². The third-order valence-corrected chi connectivity index (χ3v) is 2.29. The van der Waals surface area contributed by atoms with Gasteiger partial charge in [-0.25, -0.2) is 26.3 Å². The van der Waals surface area contributed by atoms with Crippen molar-refractivity contribution in [3.63, 3.8) is 0 Å². The molecule has 0 nitrogen and oxygen atoms in total. The van der Waals surface area contributed by atoms with E-state index in [9.17, 15) is 26.3 Å². The summed E-state index contributed by atoms with van der Waals surface area (Å²) >= 11 is 0. The van der Waals surface area contributed by atoms with Crippen molar-refractivity contribution < 1.29 is 26.3 Å². The van der Waals surface area contributed by atoms with Crippen molar-refractivity contribution in [1.82, 2.24) is 0 Å². The van der Waals surface area contributed by atoms with Gasteiger partial charge in [-0.05, 0) is 18.2 Å². The number of benzene rings is 2. The van der Waals surface area contributed by atoms with Gasteiger partial charge in [-0.15, -0.1) is 0 Å². The van der Waals surface area contributed by atoms with Crippen LogP contribution in [0.3, 0.4) is 0 Å². The summed E-state index contributed by atoms with van der Waals surface area (Å²) in [5, 5.41) is 0. The van der Waals surface area contributed by atoms with E-state index < -0.39 is 46.0 Å². The highest BCUT2D eigenvalue weighted by atomic mass is 19.2. The van der Waals surface area contributed by atoms with Gasteiger partial charge in [0, 0.05) is 17.2 Å². The first-order valence-corrected chi connectivity index (χ1v) is 4.62. The molecule has 0 saturated heterocycles. The summed E-state index contributed by atoms with van der Waals surface area (Å²) in [5.41, 5.74) is -1.47. The summed E-state index contributed by atoms with van der Waals surface area (Å²) in [6.45, 7) is 0. The third-order valence-electron chi connectivity index (χ3n) is 2.29. The topological polar surface area (TPSA) is 0 Å². The van der Waals surface area contributed by atoms with E-state index in [1.54, 1.807) is 6.07 Å². The Bertz CT molecular complexity index is 565. The van der Waals surface area contributed by atoms with Crippen molar-refractivity contribution in [2.45, 2.75) is 0 Å². The highest BCUT2D eigenvalue weighted by Crippen LogP contribution is 2.29. The lowest BCUT2D eigenvalue weighted by Gasteiger charge is -2.07. The van der Waals surface area contributed by atoms with Crippen LogP contribution in [-0.2, 0) is 0 Å². The SMILES string of the molecule is Fc1[c]cc(-c2ccc(F)c(F)c2F)c(F)c1F. The Balaban J connectivity index is 2.71. The fourth-order valence-electron chi connectivity index (χ4n) is 1.41. The third kappa shape index (κ3) is 1.83. The molecule has 2 aromatic rings. The Labute approximate surface area is 97.5 Å². The van der Waals surface area contributed by atoms with Crippen LogP contribution in [0.2, 0.25) is 0 Å². The van der Waals surface area contributed by atoms with Crippen molar-refractivity contribution >= 4 is 0 Å². The first-order valence-electron chi connectivity index (χ1n) is 4.62. The maximum absolute atomic E-state index is 13.3. The van der Waals surface area contributed by atoms with Crippen LogP contribution in [0.15, 0.2) is 18.2 Å². The zero-order valence-electron chi connectivity index (χ0n) is 8.50. The standard InChI is InChI=1S/C12H3F6/c13-7-3-1-5(9(15)11(7)17)6-2-4-8(14)12(18)10(6)16/h1-3H. The number of hydrogen-bond acceptors (Lipinski definition) is 0. The van der Waals surface area contributed by atoms with E-state index in [0.717, 1.165) is 6.07 Å². The number of hydrogen-bond donors (Lipinski definition) is 0. The minimum atomic E-state index is -1.86. The van der Waals surface area contributed by atoms with Gasteiger partial charge in [0.2, 0.25) is 0 Å². The largest absolute Gasteiger partial charge is 0.204 e. The molecule has 0 saturated carbocycles. The highest BCUT2D eigenvalue weighted by Gasteiger charge is 2.20. The molecule has 0 spiro atoms. The van der Waals surface area contributed by atoms with Crippen LogP contribution in [0.4, 0.5) is 26.3 Å². The Kier molecular flexibility index (Phi) is 3.02. The Morgan fingerprint density at radius 1 is 0.667 bits per heavy atom. The molecule has 0 N–H and O–H groups in total. The van der Waals surface area contributed by atoms with Crippen LogP contribution < -0.4 is 0 Å². The van der Waals surface area contributed by atoms with Gasteiger partial charge in [0.15, 0.2) is 34.9 Å². The predicted molar refractivity (Wildman–Crippen MR) is 50.5 cm³/mol. The molecule has 0 amide bonds. The average Bonchev–Trinajstić information content (AvgIpc) is 2.35. The normalized spacial score (nSPS) is 10.8. The minimum absolute atomic E-state index is 0.550. The van der Waals surface area contributed by atoms with E-state index >= 15 is 0 Å². The summed E-state index contributed by atoms with van der Waals surface area (Å²) in [4.78, 5) is 0. The molecule has 0 unspecified atom stereocenters. The monoisotopic (exact) mass is 261 g/mol. The van der Waals surface area contributed by atoms with Gasteiger partial charge < -0.3 is 0 Å². The van der Waals surface area contributed by atoms with E-state index in [4.69, 9.17) is 0 Å². The van der Waals surface area contributed by atoms with Crippen molar-refractivity contribution in [1.29, 1.82) is 0 Å². The second-order valence-electron chi connectivity index (χ2n) is 3.37. The lowest BCUT2D eigenvalue weighted by molar-refractivity contribution is 0.441. The van der Waals surface area contributed by atoms with Gasteiger partial charge in [0.25, 0.3) is 0 Å². The van der Waals surface area contributed by atoms with Crippen LogP contribution in [0, 0.1) is 41.0 Å². The summed E-state index contributed by atoms with van der Waals surface area (Å²) in [6.07, 6.45) is 0. The molecule has 0 atom stereocenters. The van der Waals surface area contributed by atoms with Gasteiger partial charge in [-0.3, -0.25) is 0 Å². The Morgan fingerprint density at radius 2 is 1.28 bits per heavy atom. The molecule has 0 aliphatic heterocycles. The fraction of sp³-hybridized carbons (Fsp3) is 0. The highest BCUT2D eigenvalue weighted by molar-refractivity contribution is 5.65. The van der Waals surface area contributed by atoms with Gasteiger partial charge in [-0.2, -0.15) is 0 Å². The zero-order valence-corrected chi connectivity index (χ0v) is 8.50. The number of rotatable bonds is 1. The molecule has 1 radical (unpaired) electrons. The van der Waals surface area contributed by atoms with Crippen LogP contribution in [0.5, 0.6) is 0 Å². The van der Waals surface area contributed by atoms with E-state index in [1.807, 2.05) is 0 Å². The molecule has 18 heavy (non-hydrogen) atoms. The van der Waals surface area contributed by atoms with Gasteiger partial charge in [-0.1, -0.05) is 0 Å². The van der Waals surface area contributed by atoms with E-state index in [2.05, 4.69) is 0 Å². The smallest absolute Gasteiger partial charge is 0.195 e.